The minimum absolute atomic E-state index is 0.0110. The minimum atomic E-state index is -0.346. The molecule has 2 fully saturated rings. The molecule has 0 aromatic heterocycles. The lowest BCUT2D eigenvalue weighted by atomic mass is 10.1. The van der Waals surface area contributed by atoms with Gasteiger partial charge in [-0.15, -0.1) is 0 Å². The highest BCUT2D eigenvalue weighted by molar-refractivity contribution is 5.92. The van der Waals surface area contributed by atoms with Crippen LogP contribution in [-0.2, 0) is 14.3 Å². The summed E-state index contributed by atoms with van der Waals surface area (Å²) in [5.74, 6) is 0.0280. The number of para-hydroxylation sites is 1. The van der Waals surface area contributed by atoms with Gasteiger partial charge in [0.1, 0.15) is 6.10 Å². The fourth-order valence-corrected chi connectivity index (χ4v) is 3.32. The van der Waals surface area contributed by atoms with E-state index in [0.717, 1.165) is 18.5 Å². The quantitative estimate of drug-likeness (QED) is 0.799. The van der Waals surface area contributed by atoms with Gasteiger partial charge in [-0.2, -0.15) is 0 Å². The molecule has 2 aliphatic rings. The zero-order valence-electron chi connectivity index (χ0n) is 14.4. The Morgan fingerprint density at radius 2 is 1.84 bits per heavy atom. The molecule has 136 valence electrons. The van der Waals surface area contributed by atoms with E-state index >= 15 is 0 Å². The van der Waals surface area contributed by atoms with Crippen molar-refractivity contribution in [2.45, 2.75) is 25.0 Å². The molecule has 0 bridgehead atoms. The normalized spacial score (nSPS) is 24.3. The largest absolute Gasteiger partial charge is 0.364 e. The lowest BCUT2D eigenvalue weighted by Gasteiger charge is -2.35. The summed E-state index contributed by atoms with van der Waals surface area (Å²) in [5.41, 5.74) is 6.40. The average Bonchev–Trinajstić information content (AvgIpc) is 3.12. The molecule has 0 aliphatic carbocycles. The highest BCUT2D eigenvalue weighted by Crippen LogP contribution is 2.21. The second-order valence-corrected chi connectivity index (χ2v) is 6.58. The molecule has 0 radical (unpaired) electrons. The van der Waals surface area contributed by atoms with Crippen LogP contribution in [-0.4, -0.2) is 73.1 Å². The molecule has 0 unspecified atom stereocenters. The van der Waals surface area contributed by atoms with Crippen LogP contribution in [0.4, 0.5) is 5.69 Å². The van der Waals surface area contributed by atoms with Crippen molar-refractivity contribution in [2.24, 2.45) is 5.73 Å². The van der Waals surface area contributed by atoms with Crippen LogP contribution in [0.15, 0.2) is 30.3 Å². The number of hydrogen-bond acceptors (Lipinski definition) is 5. The zero-order valence-corrected chi connectivity index (χ0v) is 14.4. The molecule has 3 rings (SSSR count). The number of piperazine rings is 1. The first kappa shape index (κ1) is 17.8. The van der Waals surface area contributed by atoms with Crippen molar-refractivity contribution in [1.82, 2.24) is 9.80 Å². The summed E-state index contributed by atoms with van der Waals surface area (Å²) < 4.78 is 5.69. The first-order valence-corrected chi connectivity index (χ1v) is 8.87. The molecule has 25 heavy (non-hydrogen) atoms. The van der Waals surface area contributed by atoms with Crippen molar-refractivity contribution >= 4 is 17.5 Å². The molecule has 2 aliphatic heterocycles. The van der Waals surface area contributed by atoms with Gasteiger partial charge in [0.2, 0.25) is 5.91 Å². The van der Waals surface area contributed by atoms with Gasteiger partial charge in [0.15, 0.2) is 0 Å². The summed E-state index contributed by atoms with van der Waals surface area (Å²) in [5, 5.41) is 2.89. The number of nitrogens with zero attached hydrogens (tertiary/aromatic N) is 2. The lowest BCUT2D eigenvalue weighted by Crippen LogP contribution is -2.52. The Bertz CT molecular complexity index is 587. The minimum Gasteiger partial charge on any atom is -0.364 e. The molecule has 7 heteroatoms. The van der Waals surface area contributed by atoms with Crippen molar-refractivity contribution in [3.63, 3.8) is 0 Å². The van der Waals surface area contributed by atoms with E-state index in [2.05, 4.69) is 10.2 Å². The van der Waals surface area contributed by atoms with Crippen molar-refractivity contribution in [3.8, 4) is 0 Å². The van der Waals surface area contributed by atoms with E-state index in [9.17, 15) is 9.59 Å². The van der Waals surface area contributed by atoms with E-state index in [0.29, 0.717) is 39.3 Å². The summed E-state index contributed by atoms with van der Waals surface area (Å²) in [7, 11) is 0. The number of carbonyl (C=O) groups excluding carboxylic acids is 2. The highest BCUT2D eigenvalue weighted by Gasteiger charge is 2.34. The number of anilines is 1. The summed E-state index contributed by atoms with van der Waals surface area (Å²) in [4.78, 5) is 28.5. The predicted octanol–water partition coefficient (Wildman–Crippen LogP) is 0.276. The predicted molar refractivity (Wildman–Crippen MR) is 95.0 cm³/mol. The van der Waals surface area contributed by atoms with Gasteiger partial charge in [-0.3, -0.25) is 14.5 Å². The SMILES string of the molecule is NC[C@H]1CC[C@@H](C(=O)N2CCN(CC(=O)Nc3ccccc3)CC2)O1. The number of nitrogens with two attached hydrogens (primary N) is 1. The van der Waals surface area contributed by atoms with Gasteiger partial charge in [0.05, 0.1) is 12.6 Å². The van der Waals surface area contributed by atoms with E-state index in [1.807, 2.05) is 35.2 Å². The van der Waals surface area contributed by atoms with Crippen LogP contribution in [0, 0.1) is 0 Å². The third-order valence-corrected chi connectivity index (χ3v) is 4.75. The van der Waals surface area contributed by atoms with Gasteiger partial charge in [0.25, 0.3) is 5.91 Å². The van der Waals surface area contributed by atoms with Crippen molar-refractivity contribution < 1.29 is 14.3 Å². The highest BCUT2D eigenvalue weighted by atomic mass is 16.5. The van der Waals surface area contributed by atoms with Crippen LogP contribution < -0.4 is 11.1 Å². The number of carbonyl (C=O) groups is 2. The standard InChI is InChI=1S/C18H26N4O3/c19-12-15-6-7-16(25-15)18(24)22-10-8-21(9-11-22)13-17(23)20-14-4-2-1-3-5-14/h1-5,15-16H,6-13,19H2,(H,20,23)/t15-,16+/m1/s1. The molecule has 0 spiro atoms. The Kier molecular flexibility index (Phi) is 6.01. The summed E-state index contributed by atoms with van der Waals surface area (Å²) >= 11 is 0. The molecule has 2 saturated heterocycles. The van der Waals surface area contributed by atoms with Crippen LogP contribution in [0.1, 0.15) is 12.8 Å². The van der Waals surface area contributed by atoms with Crippen LogP contribution >= 0.6 is 0 Å². The maximum atomic E-state index is 12.5. The third kappa shape index (κ3) is 4.78. The van der Waals surface area contributed by atoms with Gasteiger partial charge in [0, 0.05) is 38.4 Å². The maximum absolute atomic E-state index is 12.5. The number of rotatable bonds is 5. The molecule has 2 amide bonds. The average molecular weight is 346 g/mol. The third-order valence-electron chi connectivity index (χ3n) is 4.75. The lowest BCUT2D eigenvalue weighted by molar-refractivity contribution is -0.144. The summed E-state index contributed by atoms with van der Waals surface area (Å²) in [6.45, 7) is 3.46. The van der Waals surface area contributed by atoms with Gasteiger partial charge >= 0.3 is 0 Å². The Hall–Kier alpha value is -1.96. The second kappa shape index (κ2) is 8.42. The first-order chi connectivity index (χ1) is 12.2. The maximum Gasteiger partial charge on any atom is 0.251 e. The van der Waals surface area contributed by atoms with Gasteiger partial charge in [-0.1, -0.05) is 18.2 Å². The number of ether oxygens (including phenoxy) is 1. The van der Waals surface area contributed by atoms with Crippen LogP contribution in [0.5, 0.6) is 0 Å². The molecule has 0 saturated carbocycles. The number of benzene rings is 1. The first-order valence-electron chi connectivity index (χ1n) is 8.87. The Balaban J connectivity index is 1.41. The van der Waals surface area contributed by atoms with Crippen LogP contribution in [0.25, 0.3) is 0 Å². The molecule has 1 aromatic carbocycles. The van der Waals surface area contributed by atoms with E-state index in [4.69, 9.17) is 10.5 Å². The summed E-state index contributed by atoms with van der Waals surface area (Å²) in [6.07, 6.45) is 1.27. The second-order valence-electron chi connectivity index (χ2n) is 6.58. The fourth-order valence-electron chi connectivity index (χ4n) is 3.32. The molecule has 7 nitrogen and oxygen atoms in total. The van der Waals surface area contributed by atoms with Crippen LogP contribution in [0.3, 0.4) is 0 Å². The topological polar surface area (TPSA) is 87.9 Å². The van der Waals surface area contributed by atoms with Crippen molar-refractivity contribution in [3.05, 3.63) is 30.3 Å². The van der Waals surface area contributed by atoms with E-state index in [-0.39, 0.29) is 24.0 Å². The smallest absolute Gasteiger partial charge is 0.251 e. The molecular formula is C18H26N4O3. The van der Waals surface area contributed by atoms with E-state index < -0.39 is 0 Å². The van der Waals surface area contributed by atoms with Crippen molar-refractivity contribution in [1.29, 1.82) is 0 Å². The number of nitrogens with one attached hydrogen (secondary N) is 1. The number of hydrogen-bond donors (Lipinski definition) is 2. The Morgan fingerprint density at radius 1 is 1.12 bits per heavy atom. The molecule has 2 atom stereocenters. The van der Waals surface area contributed by atoms with Crippen molar-refractivity contribution in [2.75, 3.05) is 44.6 Å². The molecular weight excluding hydrogens is 320 g/mol. The Morgan fingerprint density at radius 3 is 2.48 bits per heavy atom. The van der Waals surface area contributed by atoms with E-state index in [1.165, 1.54) is 0 Å². The molecule has 1 aromatic rings. The van der Waals surface area contributed by atoms with Gasteiger partial charge < -0.3 is 20.7 Å². The fraction of sp³-hybridized carbons (Fsp3) is 0.556. The van der Waals surface area contributed by atoms with E-state index in [1.54, 1.807) is 0 Å². The summed E-state index contributed by atoms with van der Waals surface area (Å²) in [6, 6.07) is 9.42. The Labute approximate surface area is 148 Å². The monoisotopic (exact) mass is 346 g/mol. The van der Waals surface area contributed by atoms with Gasteiger partial charge in [-0.25, -0.2) is 0 Å². The zero-order chi connectivity index (χ0) is 17.6. The number of amides is 2. The van der Waals surface area contributed by atoms with Crippen LogP contribution in [0.2, 0.25) is 0 Å². The van der Waals surface area contributed by atoms with Gasteiger partial charge in [-0.05, 0) is 25.0 Å². The molecule has 3 N–H and O–H groups in total. The molecule has 2 heterocycles.